The lowest BCUT2D eigenvalue weighted by molar-refractivity contribution is -0.143. The van der Waals surface area contributed by atoms with Crippen LogP contribution in [0.2, 0.25) is 0 Å². The van der Waals surface area contributed by atoms with E-state index in [1.165, 1.54) is 4.90 Å². The van der Waals surface area contributed by atoms with Crippen LogP contribution in [0.3, 0.4) is 0 Å². The second-order valence-electron chi connectivity index (χ2n) is 12.7. The van der Waals surface area contributed by atoms with E-state index >= 15 is 0 Å². The highest BCUT2D eigenvalue weighted by atomic mass is 19.4. The summed E-state index contributed by atoms with van der Waals surface area (Å²) in [5, 5.41) is 0. The minimum absolute atomic E-state index is 0.0209. The predicted molar refractivity (Wildman–Crippen MR) is 176 cm³/mol. The van der Waals surface area contributed by atoms with E-state index in [0.29, 0.717) is 77.0 Å². The van der Waals surface area contributed by atoms with Crippen LogP contribution in [0.1, 0.15) is 39.5 Å². The summed E-state index contributed by atoms with van der Waals surface area (Å²) in [4.78, 5) is 19.4. The first-order valence-electron chi connectivity index (χ1n) is 16.6. The zero-order valence-electron chi connectivity index (χ0n) is 29.2. The van der Waals surface area contributed by atoms with Gasteiger partial charge < -0.3 is 28.6 Å². The number of hydrogen-bond donors (Lipinski definition) is 0. The molecule has 282 valence electrons. The molecule has 2 aromatic carbocycles. The summed E-state index contributed by atoms with van der Waals surface area (Å²) in [6, 6.07) is 6.05. The van der Waals surface area contributed by atoms with Gasteiger partial charge in [-0.2, -0.15) is 26.3 Å². The van der Waals surface area contributed by atoms with Crippen molar-refractivity contribution in [1.82, 2.24) is 14.7 Å². The number of hydrogen-bond acceptors (Lipinski definition) is 8. The number of rotatable bonds is 13. The van der Waals surface area contributed by atoms with Crippen LogP contribution in [0.15, 0.2) is 36.4 Å². The first kappa shape index (κ1) is 40.4. The molecule has 51 heavy (non-hydrogen) atoms. The Hall–Kier alpha value is -3.39. The Balaban J connectivity index is 1.55. The van der Waals surface area contributed by atoms with E-state index in [0.717, 1.165) is 11.1 Å². The molecule has 0 bridgehead atoms. The largest absolute Gasteiger partial charge is 0.467 e. The maximum Gasteiger partial charge on any atom is 0.416 e. The van der Waals surface area contributed by atoms with E-state index in [1.54, 1.807) is 20.3 Å². The smallest absolute Gasteiger partial charge is 0.416 e. The first-order chi connectivity index (χ1) is 24.2. The van der Waals surface area contributed by atoms with Crippen LogP contribution in [-0.2, 0) is 37.7 Å². The summed E-state index contributed by atoms with van der Waals surface area (Å²) in [7, 11) is 3.18. The van der Waals surface area contributed by atoms with Crippen molar-refractivity contribution in [2.75, 3.05) is 86.7 Å². The third-order valence-corrected chi connectivity index (χ3v) is 8.81. The van der Waals surface area contributed by atoms with Crippen LogP contribution < -0.4 is 4.74 Å². The van der Waals surface area contributed by atoms with Gasteiger partial charge in [0, 0.05) is 58.0 Å². The number of carbonyl (C=O) groups is 1. The lowest BCUT2D eigenvalue weighted by Crippen LogP contribution is -2.56. The van der Waals surface area contributed by atoms with Crippen molar-refractivity contribution >= 4 is 5.91 Å². The average Bonchev–Trinajstić information content (AvgIpc) is 3.08. The number of carbonyl (C=O) groups excluding carboxylic acids is 1. The van der Waals surface area contributed by atoms with Crippen molar-refractivity contribution in [3.8, 4) is 17.6 Å². The van der Waals surface area contributed by atoms with Crippen molar-refractivity contribution in [3.05, 3.63) is 64.2 Å². The monoisotopic (exact) mass is 729 g/mol. The second kappa shape index (κ2) is 18.4. The van der Waals surface area contributed by atoms with Gasteiger partial charge in [-0.3, -0.25) is 14.6 Å². The van der Waals surface area contributed by atoms with E-state index < -0.39 is 41.0 Å². The number of halogens is 6. The highest BCUT2D eigenvalue weighted by Crippen LogP contribution is 2.37. The van der Waals surface area contributed by atoms with Gasteiger partial charge in [0.05, 0.1) is 56.7 Å². The van der Waals surface area contributed by atoms with Crippen LogP contribution >= 0.6 is 0 Å². The van der Waals surface area contributed by atoms with Gasteiger partial charge in [-0.25, -0.2) is 0 Å². The molecule has 2 fully saturated rings. The number of morpholine rings is 1. The SMILES string of the molecule is COCCOCOc1cc(CC2CN(CC#CCN3CC(COC)OCC3C)CCN2C(=O)c2cc(C(F)(F)F)cc(C(F)(F)F)c2)ccc1C. The lowest BCUT2D eigenvalue weighted by Gasteiger charge is -2.41. The number of amides is 1. The number of methoxy groups -OCH3 is 2. The summed E-state index contributed by atoms with van der Waals surface area (Å²) >= 11 is 0. The quantitative estimate of drug-likeness (QED) is 0.122. The summed E-state index contributed by atoms with van der Waals surface area (Å²) in [5.74, 6) is 6.04. The molecular formula is C36H45F6N3O6. The molecule has 2 aliphatic heterocycles. The van der Waals surface area contributed by atoms with Crippen LogP contribution in [0.5, 0.6) is 5.75 Å². The molecule has 2 aromatic rings. The van der Waals surface area contributed by atoms with E-state index in [2.05, 4.69) is 23.7 Å². The summed E-state index contributed by atoms with van der Waals surface area (Å²) in [5.41, 5.74) is -2.17. The molecule has 1 amide bonds. The molecule has 0 spiro atoms. The Labute approximate surface area is 294 Å². The van der Waals surface area contributed by atoms with Gasteiger partial charge in [-0.15, -0.1) is 0 Å². The van der Waals surface area contributed by atoms with Gasteiger partial charge in [0.25, 0.3) is 5.91 Å². The van der Waals surface area contributed by atoms with E-state index in [4.69, 9.17) is 23.7 Å². The highest BCUT2D eigenvalue weighted by Gasteiger charge is 2.39. The number of aryl methyl sites for hydroxylation is 1. The fourth-order valence-corrected chi connectivity index (χ4v) is 5.96. The fourth-order valence-electron chi connectivity index (χ4n) is 5.96. The van der Waals surface area contributed by atoms with Crippen molar-refractivity contribution in [1.29, 1.82) is 0 Å². The molecule has 0 saturated carbocycles. The van der Waals surface area contributed by atoms with E-state index in [1.807, 2.05) is 24.0 Å². The Bertz CT molecular complexity index is 1480. The topological polar surface area (TPSA) is 72.9 Å². The van der Waals surface area contributed by atoms with Crippen molar-refractivity contribution < 1.29 is 54.8 Å². The lowest BCUT2D eigenvalue weighted by atomic mass is 9.98. The van der Waals surface area contributed by atoms with Crippen LogP contribution in [0, 0.1) is 18.8 Å². The number of alkyl halides is 6. The molecule has 0 N–H and O–H groups in total. The molecule has 0 aromatic heterocycles. The fraction of sp³-hybridized carbons (Fsp3) is 0.583. The van der Waals surface area contributed by atoms with Crippen LogP contribution in [-0.4, -0.2) is 126 Å². The van der Waals surface area contributed by atoms with Gasteiger partial charge in [0.1, 0.15) is 5.75 Å². The molecule has 15 heteroatoms. The second-order valence-corrected chi connectivity index (χ2v) is 12.7. The molecule has 2 aliphatic rings. The normalized spacial score (nSPS) is 20.6. The molecular weight excluding hydrogens is 684 g/mol. The van der Waals surface area contributed by atoms with Gasteiger partial charge >= 0.3 is 12.4 Å². The average molecular weight is 730 g/mol. The molecule has 3 atom stereocenters. The van der Waals surface area contributed by atoms with Crippen LogP contribution in [0.4, 0.5) is 26.3 Å². The third kappa shape index (κ3) is 11.8. The summed E-state index contributed by atoms with van der Waals surface area (Å²) in [6.45, 7) is 7.91. The molecule has 2 saturated heterocycles. The summed E-state index contributed by atoms with van der Waals surface area (Å²) in [6.07, 6.45) is -9.95. The number of nitrogens with zero attached hydrogens (tertiary/aromatic N) is 3. The Morgan fingerprint density at radius 2 is 1.63 bits per heavy atom. The van der Waals surface area contributed by atoms with Crippen molar-refractivity contribution in [3.63, 3.8) is 0 Å². The first-order valence-corrected chi connectivity index (χ1v) is 16.6. The third-order valence-electron chi connectivity index (χ3n) is 8.81. The van der Waals surface area contributed by atoms with Gasteiger partial charge in [-0.1, -0.05) is 24.0 Å². The van der Waals surface area contributed by atoms with E-state index in [9.17, 15) is 31.1 Å². The Morgan fingerprint density at radius 3 is 2.29 bits per heavy atom. The molecule has 9 nitrogen and oxygen atoms in total. The minimum atomic E-state index is -5.08. The maximum absolute atomic E-state index is 13.8. The van der Waals surface area contributed by atoms with Gasteiger partial charge in [0.15, 0.2) is 6.79 Å². The van der Waals surface area contributed by atoms with E-state index in [-0.39, 0.29) is 38.0 Å². The number of benzene rings is 2. The zero-order valence-corrected chi connectivity index (χ0v) is 29.2. The Kier molecular flexibility index (Phi) is 14.6. The maximum atomic E-state index is 13.8. The van der Waals surface area contributed by atoms with Crippen molar-refractivity contribution in [2.24, 2.45) is 0 Å². The Morgan fingerprint density at radius 1 is 0.922 bits per heavy atom. The minimum Gasteiger partial charge on any atom is -0.467 e. The summed E-state index contributed by atoms with van der Waals surface area (Å²) < 4.78 is 109. The van der Waals surface area contributed by atoms with Crippen LogP contribution in [0.25, 0.3) is 0 Å². The number of ether oxygens (including phenoxy) is 5. The molecule has 0 aliphatic carbocycles. The van der Waals surface area contributed by atoms with Gasteiger partial charge in [0.2, 0.25) is 0 Å². The van der Waals surface area contributed by atoms with Crippen molar-refractivity contribution in [2.45, 2.75) is 50.8 Å². The highest BCUT2D eigenvalue weighted by molar-refractivity contribution is 5.95. The number of piperazine rings is 1. The molecule has 2 heterocycles. The molecule has 0 radical (unpaired) electrons. The molecule has 4 rings (SSSR count). The standard InChI is InChI=1S/C36H45F6N3O6/c1-25-7-8-27(16-33(25)51-24-49-14-13-47-3)15-31-20-43(9-5-6-10-44-21-32(23-48-4)50-22-26(44)2)11-12-45(31)34(46)28-17-29(35(37,38)39)19-30(18-28)36(40,41)42/h7-8,16-19,26,31-32H,9-15,20-24H2,1-4H3. The van der Waals surface area contributed by atoms with Gasteiger partial charge in [-0.05, 0) is 55.7 Å². The zero-order chi connectivity index (χ0) is 37.2. The predicted octanol–water partition coefficient (Wildman–Crippen LogP) is 5.14. The molecule has 3 unspecified atom stereocenters.